The number of carbonyl (C=O) groups excluding carboxylic acids is 1. The molecule has 0 atom stereocenters. The fraction of sp³-hybridized carbons (Fsp3) is 0.720. The molecule has 5 fully saturated rings. The smallest absolute Gasteiger partial charge is 0.226 e. The number of piperazine rings is 1. The predicted octanol–water partition coefficient (Wildman–Crippen LogP) is 0.846. The van der Waals surface area contributed by atoms with Gasteiger partial charge < -0.3 is 38.1 Å². The van der Waals surface area contributed by atoms with E-state index in [0.29, 0.717) is 18.4 Å². The van der Waals surface area contributed by atoms with Crippen molar-refractivity contribution in [3.05, 3.63) is 29.8 Å². The molecular weight excluding hydrogens is 487 g/mol. The second kappa shape index (κ2) is 8.61. The molecule has 4 aliphatic carbocycles. The molecule has 1 aromatic rings. The van der Waals surface area contributed by atoms with Crippen molar-refractivity contribution < 1.29 is 38.0 Å². The summed E-state index contributed by atoms with van der Waals surface area (Å²) >= 11 is 0. The number of benzene rings is 1. The van der Waals surface area contributed by atoms with Gasteiger partial charge in [0.15, 0.2) is 0 Å². The van der Waals surface area contributed by atoms with E-state index in [0.717, 1.165) is 54.2 Å². The van der Waals surface area contributed by atoms with Gasteiger partial charge in [-0.05, 0) is 79.4 Å². The molecule has 5 heteroatoms. The molecule has 4 nitrogen and oxygen atoms in total. The van der Waals surface area contributed by atoms with Crippen molar-refractivity contribution in [3.63, 3.8) is 0 Å². The number of hydrogen-bond donors (Lipinski definition) is 0. The Labute approximate surface area is 198 Å². The summed E-state index contributed by atoms with van der Waals surface area (Å²) in [6.45, 7) is 4.29. The lowest BCUT2D eigenvalue weighted by Crippen LogP contribution is -3.00. The minimum atomic E-state index is 0. The van der Waals surface area contributed by atoms with Crippen LogP contribution >= 0.6 is 0 Å². The Hall–Kier alpha value is -0.820. The Balaban J connectivity index is 0.00000218. The molecular formula is C25H37IN2O2. The summed E-state index contributed by atoms with van der Waals surface area (Å²) in [7, 11) is 4.47. The molecule has 0 radical (unpaired) electrons. The van der Waals surface area contributed by atoms with E-state index in [-0.39, 0.29) is 29.9 Å². The number of quaternary nitrogens is 1. The van der Waals surface area contributed by atoms with Gasteiger partial charge in [0.1, 0.15) is 5.75 Å². The topological polar surface area (TPSA) is 29.5 Å². The minimum absolute atomic E-state index is 0. The maximum atomic E-state index is 12.5. The van der Waals surface area contributed by atoms with Crippen LogP contribution in [0.3, 0.4) is 0 Å². The van der Waals surface area contributed by atoms with Crippen molar-refractivity contribution in [2.24, 2.45) is 17.8 Å². The summed E-state index contributed by atoms with van der Waals surface area (Å²) in [6, 6.07) is 8.91. The average molecular weight is 524 g/mol. The highest BCUT2D eigenvalue weighted by atomic mass is 127. The quantitative estimate of drug-likeness (QED) is 0.423. The number of amides is 1. The molecule has 166 valence electrons. The maximum Gasteiger partial charge on any atom is 0.226 e. The van der Waals surface area contributed by atoms with E-state index < -0.39 is 0 Å². The van der Waals surface area contributed by atoms with Gasteiger partial charge in [-0.3, -0.25) is 4.79 Å². The van der Waals surface area contributed by atoms with Crippen molar-refractivity contribution in [1.29, 1.82) is 0 Å². The van der Waals surface area contributed by atoms with E-state index in [4.69, 9.17) is 4.74 Å². The van der Waals surface area contributed by atoms with Crippen LogP contribution in [0.25, 0.3) is 0 Å². The molecule has 1 saturated heterocycles. The summed E-state index contributed by atoms with van der Waals surface area (Å²) in [5, 5.41) is 0. The third-order valence-corrected chi connectivity index (χ3v) is 8.39. The van der Waals surface area contributed by atoms with E-state index in [1.54, 1.807) is 0 Å². The van der Waals surface area contributed by atoms with E-state index in [1.165, 1.54) is 44.1 Å². The fourth-order valence-corrected chi connectivity index (χ4v) is 7.04. The standard InChI is InChI=1S/C25H37N2O2.HI/c1-27(2)10-8-26(9-11-27)24(28)7-12-29-23-5-3-22(4-6-23)25-16-19-13-20(17-25)15-21(14-19)18-25;/h3-6,19-21H,7-18H2,1-2H3;1H/q+1;/p-1. The molecule has 1 aromatic carbocycles. The number of ether oxygens (including phenoxy) is 1. The lowest BCUT2D eigenvalue weighted by atomic mass is 9.48. The van der Waals surface area contributed by atoms with Gasteiger partial charge in [-0.1, -0.05) is 12.1 Å². The van der Waals surface area contributed by atoms with Crippen LogP contribution in [0, 0.1) is 17.8 Å². The van der Waals surface area contributed by atoms with Gasteiger partial charge in [-0.2, -0.15) is 0 Å². The third kappa shape index (κ3) is 4.52. The Kier molecular flexibility index (Phi) is 6.42. The highest BCUT2D eigenvalue weighted by Gasteiger charge is 2.51. The lowest BCUT2D eigenvalue weighted by molar-refractivity contribution is -0.894. The molecule has 6 rings (SSSR count). The summed E-state index contributed by atoms with van der Waals surface area (Å²) in [5.41, 5.74) is 1.98. The van der Waals surface area contributed by atoms with Crippen molar-refractivity contribution in [2.75, 3.05) is 46.9 Å². The van der Waals surface area contributed by atoms with Crippen molar-refractivity contribution in [3.8, 4) is 5.75 Å². The summed E-state index contributed by atoms with van der Waals surface area (Å²) in [6.07, 6.45) is 9.15. The zero-order chi connectivity index (χ0) is 20.1. The largest absolute Gasteiger partial charge is 1.00 e. The lowest BCUT2D eigenvalue weighted by Gasteiger charge is -2.57. The Morgan fingerprint density at radius 1 is 1.00 bits per heavy atom. The monoisotopic (exact) mass is 524 g/mol. The Morgan fingerprint density at radius 3 is 2.07 bits per heavy atom. The van der Waals surface area contributed by atoms with Crippen LogP contribution in [0.2, 0.25) is 0 Å². The van der Waals surface area contributed by atoms with Gasteiger partial charge in [0.05, 0.1) is 53.3 Å². The van der Waals surface area contributed by atoms with E-state index in [1.807, 2.05) is 4.90 Å². The number of carbonyl (C=O) groups is 1. The van der Waals surface area contributed by atoms with Crippen LogP contribution in [-0.4, -0.2) is 62.2 Å². The van der Waals surface area contributed by atoms with Gasteiger partial charge in [0, 0.05) is 0 Å². The first kappa shape index (κ1) is 22.4. The number of rotatable bonds is 5. The highest BCUT2D eigenvalue weighted by molar-refractivity contribution is 5.76. The summed E-state index contributed by atoms with van der Waals surface area (Å²) < 4.78 is 6.94. The van der Waals surface area contributed by atoms with Gasteiger partial charge >= 0.3 is 0 Å². The number of nitrogens with zero attached hydrogens (tertiary/aromatic N) is 2. The fourth-order valence-electron chi connectivity index (χ4n) is 7.04. The molecule has 1 aliphatic heterocycles. The molecule has 0 unspecified atom stereocenters. The van der Waals surface area contributed by atoms with Gasteiger partial charge in [0.2, 0.25) is 5.91 Å². The maximum absolute atomic E-state index is 12.5. The normalized spacial score (nSPS) is 33.8. The second-order valence-electron chi connectivity index (χ2n) is 11.1. The van der Waals surface area contributed by atoms with Crippen LogP contribution in [0.15, 0.2) is 24.3 Å². The molecule has 5 aliphatic rings. The second-order valence-corrected chi connectivity index (χ2v) is 11.1. The molecule has 0 aromatic heterocycles. The molecule has 4 saturated carbocycles. The average Bonchev–Trinajstić information content (AvgIpc) is 2.67. The Bertz CT molecular complexity index is 716. The van der Waals surface area contributed by atoms with Gasteiger partial charge in [-0.25, -0.2) is 0 Å². The zero-order valence-corrected chi connectivity index (χ0v) is 20.8. The van der Waals surface area contributed by atoms with Crippen molar-refractivity contribution >= 4 is 5.91 Å². The molecule has 0 spiro atoms. The van der Waals surface area contributed by atoms with Crippen LogP contribution < -0.4 is 28.7 Å². The Morgan fingerprint density at radius 2 is 1.53 bits per heavy atom. The predicted molar refractivity (Wildman–Crippen MR) is 115 cm³/mol. The van der Waals surface area contributed by atoms with Crippen molar-refractivity contribution in [1.82, 2.24) is 4.90 Å². The zero-order valence-electron chi connectivity index (χ0n) is 18.6. The summed E-state index contributed by atoms with van der Waals surface area (Å²) in [4.78, 5) is 14.5. The van der Waals surface area contributed by atoms with Crippen LogP contribution in [0.5, 0.6) is 5.75 Å². The van der Waals surface area contributed by atoms with Crippen LogP contribution in [0.4, 0.5) is 0 Å². The highest BCUT2D eigenvalue weighted by Crippen LogP contribution is 2.60. The number of halogens is 1. The third-order valence-electron chi connectivity index (χ3n) is 8.39. The van der Waals surface area contributed by atoms with Gasteiger partial charge in [-0.15, -0.1) is 0 Å². The summed E-state index contributed by atoms with van der Waals surface area (Å²) in [5.74, 6) is 4.06. The van der Waals surface area contributed by atoms with E-state index in [9.17, 15) is 4.79 Å². The SMILES string of the molecule is C[N+]1(C)CCN(C(=O)CCOc2ccc(C34CC5CC(CC(C5)C3)C4)cc2)CC1.[I-]. The number of likely N-dealkylation sites (N-methyl/N-ethyl adjacent to an activating group) is 1. The molecule has 1 amide bonds. The van der Waals surface area contributed by atoms with Crippen LogP contribution in [0.1, 0.15) is 50.5 Å². The van der Waals surface area contributed by atoms with E-state index in [2.05, 4.69) is 38.4 Å². The first-order valence-corrected chi connectivity index (χ1v) is 11.7. The minimum Gasteiger partial charge on any atom is -1.00 e. The van der Waals surface area contributed by atoms with E-state index >= 15 is 0 Å². The first-order chi connectivity index (χ1) is 13.9. The molecule has 4 bridgehead atoms. The number of hydrogen-bond acceptors (Lipinski definition) is 2. The molecule has 1 heterocycles. The van der Waals surface area contributed by atoms with Crippen LogP contribution in [-0.2, 0) is 10.2 Å². The molecule has 0 N–H and O–H groups in total. The van der Waals surface area contributed by atoms with Gasteiger partial charge in [0.25, 0.3) is 0 Å². The molecule has 30 heavy (non-hydrogen) atoms. The first-order valence-electron chi connectivity index (χ1n) is 11.7. The van der Waals surface area contributed by atoms with Crippen molar-refractivity contribution in [2.45, 2.75) is 50.4 Å².